The van der Waals surface area contributed by atoms with Crippen molar-refractivity contribution in [3.05, 3.63) is 17.5 Å². The summed E-state index contributed by atoms with van der Waals surface area (Å²) in [6.07, 6.45) is 4.51. The molecule has 1 aliphatic rings. The summed E-state index contributed by atoms with van der Waals surface area (Å²) in [7, 11) is 1.52. The number of hydrogen-bond acceptors (Lipinski definition) is 5. The Morgan fingerprint density at radius 3 is 3.09 bits per heavy atom. The van der Waals surface area contributed by atoms with Gasteiger partial charge in [0.05, 0.1) is 17.9 Å². The molecule has 1 N–H and O–H groups in total. The van der Waals surface area contributed by atoms with E-state index in [0.717, 1.165) is 38.3 Å². The maximum atomic E-state index is 11.5. The minimum Gasteiger partial charge on any atom is -0.375 e. The molecule has 1 atom stereocenters. The smallest absolute Gasteiger partial charge is 0.246 e. The number of nitrogens with zero attached hydrogens (tertiary/aromatic N) is 3. The maximum Gasteiger partial charge on any atom is 0.246 e. The molecule has 7 heteroatoms. The highest BCUT2D eigenvalue weighted by molar-refractivity contribution is 7.99. The summed E-state index contributed by atoms with van der Waals surface area (Å²) >= 11 is 1.93. The lowest BCUT2D eigenvalue weighted by Gasteiger charge is -2.20. The number of aromatic nitrogens is 2. The summed E-state index contributed by atoms with van der Waals surface area (Å²) in [6, 6.07) is 2.11. The van der Waals surface area contributed by atoms with Gasteiger partial charge in [0.1, 0.15) is 6.61 Å². The lowest BCUT2D eigenvalue weighted by Crippen LogP contribution is -2.27. The van der Waals surface area contributed by atoms with E-state index in [0.29, 0.717) is 11.8 Å². The Kier molecular flexibility index (Phi) is 7.39. The molecule has 0 aliphatic carbocycles. The quantitative estimate of drug-likeness (QED) is 0.777. The van der Waals surface area contributed by atoms with Gasteiger partial charge in [0.25, 0.3) is 0 Å². The Morgan fingerprint density at radius 2 is 2.35 bits per heavy atom. The Balaban J connectivity index is 1.89. The Labute approximate surface area is 142 Å². The molecule has 6 nitrogen and oxygen atoms in total. The molecule has 1 aromatic heterocycles. The number of nitrogens with one attached hydrogen (secondary N) is 1. The lowest BCUT2D eigenvalue weighted by atomic mass is 10.2. The van der Waals surface area contributed by atoms with Crippen molar-refractivity contribution in [2.75, 3.05) is 33.1 Å². The Bertz CT molecular complexity index is 506. The average molecular weight is 340 g/mol. The minimum atomic E-state index is -0.108. The fourth-order valence-corrected chi connectivity index (χ4v) is 3.06. The molecule has 23 heavy (non-hydrogen) atoms. The number of thioether (sulfide) groups is 1. The number of ether oxygens (including phenoxy) is 1. The Hall–Kier alpha value is -1.05. The fourth-order valence-electron chi connectivity index (χ4n) is 2.72. The summed E-state index contributed by atoms with van der Waals surface area (Å²) < 4.78 is 6.91. The molecule has 1 aliphatic heterocycles. The first-order valence-corrected chi connectivity index (χ1v) is 9.47. The van der Waals surface area contributed by atoms with Gasteiger partial charge in [-0.15, -0.1) is 0 Å². The molecule has 2 rings (SSSR count). The van der Waals surface area contributed by atoms with Crippen molar-refractivity contribution < 1.29 is 9.53 Å². The van der Waals surface area contributed by atoms with Crippen LogP contribution in [0.1, 0.15) is 31.2 Å². The number of methoxy groups -OCH3 is 1. The number of hydrogen-bond donors (Lipinski definition) is 1. The number of fused-ring (bicyclic) bond motifs is 1. The van der Waals surface area contributed by atoms with E-state index in [1.54, 1.807) is 0 Å². The van der Waals surface area contributed by atoms with Crippen molar-refractivity contribution >= 4 is 17.7 Å². The molecule has 0 saturated heterocycles. The van der Waals surface area contributed by atoms with E-state index in [2.05, 4.69) is 39.2 Å². The van der Waals surface area contributed by atoms with Crippen LogP contribution in [-0.4, -0.2) is 58.9 Å². The zero-order valence-corrected chi connectivity index (χ0v) is 15.2. The zero-order chi connectivity index (χ0) is 16.7. The van der Waals surface area contributed by atoms with Gasteiger partial charge in [-0.2, -0.15) is 16.9 Å². The SMILES string of the molecule is COCC(=O)NCc1cc2n(n1)CCCN(CC[C@@H](C)SC)C2. The summed E-state index contributed by atoms with van der Waals surface area (Å²) in [5.41, 5.74) is 2.17. The first-order valence-electron chi connectivity index (χ1n) is 8.18. The van der Waals surface area contributed by atoms with Crippen molar-refractivity contribution in [2.45, 2.75) is 44.6 Å². The third kappa shape index (κ3) is 5.82. The van der Waals surface area contributed by atoms with E-state index >= 15 is 0 Å². The number of rotatable bonds is 8. The highest BCUT2D eigenvalue weighted by Gasteiger charge is 2.17. The summed E-state index contributed by atoms with van der Waals surface area (Å²) in [5.74, 6) is -0.108. The second-order valence-corrected chi connectivity index (χ2v) is 7.30. The van der Waals surface area contributed by atoms with Gasteiger partial charge in [-0.05, 0) is 31.7 Å². The van der Waals surface area contributed by atoms with Crippen LogP contribution in [0.5, 0.6) is 0 Å². The van der Waals surface area contributed by atoms with Crippen molar-refractivity contribution in [3.8, 4) is 0 Å². The van der Waals surface area contributed by atoms with Crippen LogP contribution in [0.25, 0.3) is 0 Å². The van der Waals surface area contributed by atoms with Crippen LogP contribution in [-0.2, 0) is 29.2 Å². The number of aryl methyl sites for hydroxylation is 1. The second-order valence-electron chi connectivity index (χ2n) is 6.02. The highest BCUT2D eigenvalue weighted by atomic mass is 32.2. The van der Waals surface area contributed by atoms with Gasteiger partial charge in [0.2, 0.25) is 5.91 Å². The summed E-state index contributed by atoms with van der Waals surface area (Å²) in [5, 5.41) is 8.15. The minimum absolute atomic E-state index is 0.0922. The third-order valence-corrected chi connectivity index (χ3v) is 5.18. The highest BCUT2D eigenvalue weighted by Crippen LogP contribution is 2.16. The van der Waals surface area contributed by atoms with Crippen molar-refractivity contribution in [1.82, 2.24) is 20.0 Å². The van der Waals surface area contributed by atoms with Crippen LogP contribution >= 0.6 is 11.8 Å². The topological polar surface area (TPSA) is 59.4 Å². The van der Waals surface area contributed by atoms with E-state index < -0.39 is 0 Å². The van der Waals surface area contributed by atoms with Gasteiger partial charge in [-0.25, -0.2) is 0 Å². The number of carbonyl (C=O) groups is 1. The zero-order valence-electron chi connectivity index (χ0n) is 14.4. The van der Waals surface area contributed by atoms with Gasteiger partial charge >= 0.3 is 0 Å². The lowest BCUT2D eigenvalue weighted by molar-refractivity contribution is -0.124. The standard InChI is InChI=1S/C16H28N4O2S/c1-13(23-3)5-8-19-6-4-7-20-15(11-19)9-14(18-20)10-17-16(21)12-22-2/h9,13H,4-8,10-12H2,1-3H3,(H,17,21)/t13-/m1/s1. The molecule has 1 aromatic rings. The average Bonchev–Trinajstić information content (AvgIpc) is 2.82. The predicted octanol–water partition coefficient (Wildman–Crippen LogP) is 1.49. The van der Waals surface area contributed by atoms with Gasteiger partial charge in [-0.3, -0.25) is 14.4 Å². The van der Waals surface area contributed by atoms with Crippen molar-refractivity contribution in [1.29, 1.82) is 0 Å². The van der Waals surface area contributed by atoms with E-state index in [1.807, 2.05) is 11.8 Å². The summed E-state index contributed by atoms with van der Waals surface area (Å²) in [4.78, 5) is 14.0. The normalized spacial score (nSPS) is 16.7. The molecule has 130 valence electrons. The molecule has 0 radical (unpaired) electrons. The molecule has 0 saturated carbocycles. The van der Waals surface area contributed by atoms with Crippen LogP contribution in [0.15, 0.2) is 6.07 Å². The third-order valence-electron chi connectivity index (χ3n) is 4.14. The predicted molar refractivity (Wildman–Crippen MR) is 93.4 cm³/mol. The van der Waals surface area contributed by atoms with Gasteiger partial charge in [-0.1, -0.05) is 6.92 Å². The van der Waals surface area contributed by atoms with Crippen LogP contribution < -0.4 is 5.32 Å². The van der Waals surface area contributed by atoms with E-state index in [-0.39, 0.29) is 12.5 Å². The van der Waals surface area contributed by atoms with Gasteiger partial charge in [0.15, 0.2) is 0 Å². The van der Waals surface area contributed by atoms with E-state index in [9.17, 15) is 4.79 Å². The first-order chi connectivity index (χ1) is 11.1. The molecule has 2 heterocycles. The van der Waals surface area contributed by atoms with E-state index in [4.69, 9.17) is 4.74 Å². The van der Waals surface area contributed by atoms with Crippen molar-refractivity contribution in [3.63, 3.8) is 0 Å². The number of carbonyl (C=O) groups excluding carboxylic acids is 1. The summed E-state index contributed by atoms with van der Waals surface area (Å²) in [6.45, 7) is 7.00. The number of amides is 1. The fraction of sp³-hybridized carbons (Fsp3) is 0.750. The van der Waals surface area contributed by atoms with Crippen LogP contribution in [0.4, 0.5) is 0 Å². The van der Waals surface area contributed by atoms with Crippen LogP contribution in [0.3, 0.4) is 0 Å². The molecule has 0 aromatic carbocycles. The van der Waals surface area contributed by atoms with Gasteiger partial charge in [0, 0.05) is 32.0 Å². The molecule has 0 bridgehead atoms. The van der Waals surface area contributed by atoms with Crippen LogP contribution in [0, 0.1) is 0 Å². The Morgan fingerprint density at radius 1 is 1.52 bits per heavy atom. The maximum absolute atomic E-state index is 11.5. The van der Waals surface area contributed by atoms with Gasteiger partial charge < -0.3 is 10.1 Å². The van der Waals surface area contributed by atoms with Crippen molar-refractivity contribution in [2.24, 2.45) is 0 Å². The molecular formula is C16H28N4O2S. The molecule has 1 amide bonds. The monoisotopic (exact) mass is 340 g/mol. The first kappa shape index (κ1) is 18.3. The largest absolute Gasteiger partial charge is 0.375 e. The van der Waals surface area contributed by atoms with E-state index in [1.165, 1.54) is 19.2 Å². The molecule has 0 spiro atoms. The molecular weight excluding hydrogens is 312 g/mol. The molecule has 0 unspecified atom stereocenters. The van der Waals surface area contributed by atoms with Crippen LogP contribution in [0.2, 0.25) is 0 Å². The second kappa shape index (κ2) is 9.30. The molecule has 0 fully saturated rings.